The molecule has 0 saturated carbocycles. The van der Waals surface area contributed by atoms with Crippen LogP contribution >= 0.6 is 11.3 Å². The zero-order chi connectivity index (χ0) is 37.4. The van der Waals surface area contributed by atoms with Gasteiger partial charge in [0.1, 0.15) is 12.4 Å². The zero-order valence-corrected chi connectivity index (χ0v) is 29.9. The summed E-state index contributed by atoms with van der Waals surface area (Å²) >= 11 is 1.19. The van der Waals surface area contributed by atoms with Crippen molar-refractivity contribution < 1.29 is 38.2 Å². The van der Waals surface area contributed by atoms with Crippen LogP contribution in [0.3, 0.4) is 0 Å². The number of carbonyl (C=O) groups is 2. The molecule has 0 spiro atoms. The highest BCUT2D eigenvalue weighted by Gasteiger charge is 2.34. The molecule has 0 saturated heterocycles. The fraction of sp³-hybridized carbons (Fsp3) is 0.263. The van der Waals surface area contributed by atoms with E-state index in [9.17, 15) is 24.5 Å². The number of methoxy groups -OCH3 is 1. The molecule has 0 N–H and O–H groups in total. The van der Waals surface area contributed by atoms with E-state index in [0.29, 0.717) is 38.5 Å². The van der Waals surface area contributed by atoms with Crippen LogP contribution in [-0.4, -0.2) is 48.4 Å². The van der Waals surface area contributed by atoms with E-state index in [-0.39, 0.29) is 49.0 Å². The fourth-order valence-corrected chi connectivity index (χ4v) is 6.60. The quantitative estimate of drug-likeness (QED) is 0.0709. The number of nitro groups is 1. The van der Waals surface area contributed by atoms with E-state index < -0.39 is 22.9 Å². The maximum absolute atomic E-state index is 14.2. The van der Waals surface area contributed by atoms with E-state index in [4.69, 9.17) is 18.9 Å². The summed E-state index contributed by atoms with van der Waals surface area (Å²) in [5.41, 5.74) is 3.11. The Labute approximate surface area is 302 Å². The minimum atomic E-state index is -0.905. The Morgan fingerprint density at radius 3 is 2.42 bits per heavy atom. The second kappa shape index (κ2) is 16.8. The molecule has 0 aliphatic carbocycles. The van der Waals surface area contributed by atoms with Crippen molar-refractivity contribution in [3.63, 3.8) is 0 Å². The molecular weight excluding hydrogens is 690 g/mol. The Hall–Kier alpha value is -6.02. The molecule has 1 aliphatic heterocycles. The number of non-ortho nitro benzene ring substituents is 1. The predicted octanol–water partition coefficient (Wildman–Crippen LogP) is 4.96. The van der Waals surface area contributed by atoms with Gasteiger partial charge in [0.2, 0.25) is 0 Å². The molecule has 13 nitrogen and oxygen atoms in total. The molecule has 1 aliphatic rings. The highest BCUT2D eigenvalue weighted by molar-refractivity contribution is 7.07. The van der Waals surface area contributed by atoms with Gasteiger partial charge in [0.05, 0.1) is 47.1 Å². The lowest BCUT2D eigenvalue weighted by molar-refractivity contribution is -0.384. The number of benzene rings is 3. The van der Waals surface area contributed by atoms with Gasteiger partial charge in [0, 0.05) is 12.1 Å². The van der Waals surface area contributed by atoms with Crippen molar-refractivity contribution in [3.8, 4) is 17.2 Å². The maximum Gasteiger partial charge on any atom is 0.343 e. The Morgan fingerprint density at radius 2 is 1.75 bits per heavy atom. The van der Waals surface area contributed by atoms with Gasteiger partial charge in [-0.1, -0.05) is 29.5 Å². The Balaban J connectivity index is 1.54. The van der Waals surface area contributed by atoms with Crippen LogP contribution in [0, 0.1) is 10.1 Å². The first-order valence-corrected chi connectivity index (χ1v) is 17.2. The van der Waals surface area contributed by atoms with Crippen molar-refractivity contribution in [2.24, 2.45) is 4.99 Å². The smallest absolute Gasteiger partial charge is 0.343 e. The summed E-state index contributed by atoms with van der Waals surface area (Å²) in [6, 6.07) is 15.8. The van der Waals surface area contributed by atoms with E-state index >= 15 is 0 Å². The fourth-order valence-electron chi connectivity index (χ4n) is 5.56. The van der Waals surface area contributed by atoms with Gasteiger partial charge in [-0.25, -0.2) is 14.6 Å². The number of rotatable bonds is 15. The topological polar surface area (TPSA) is 158 Å². The molecule has 4 aromatic rings. The first-order chi connectivity index (χ1) is 25.1. The molecule has 0 unspecified atom stereocenters. The van der Waals surface area contributed by atoms with Crippen LogP contribution in [0.2, 0.25) is 0 Å². The number of aromatic nitrogens is 1. The van der Waals surface area contributed by atoms with E-state index in [1.54, 1.807) is 69.3 Å². The average Bonchev–Trinajstić information content (AvgIpc) is 3.43. The van der Waals surface area contributed by atoms with Gasteiger partial charge in [-0.05, 0) is 91.9 Å². The van der Waals surface area contributed by atoms with Gasteiger partial charge in [0.15, 0.2) is 22.9 Å². The highest BCUT2D eigenvalue weighted by Crippen LogP contribution is 2.36. The molecule has 0 amide bonds. The summed E-state index contributed by atoms with van der Waals surface area (Å²) < 4.78 is 29.5. The number of esters is 2. The van der Waals surface area contributed by atoms with Crippen LogP contribution in [0.15, 0.2) is 94.4 Å². The van der Waals surface area contributed by atoms with Crippen molar-refractivity contribution in [1.82, 2.24) is 4.57 Å². The number of hydrogen-bond donors (Lipinski definition) is 0. The largest absolute Gasteiger partial charge is 0.490 e. The predicted molar refractivity (Wildman–Crippen MR) is 193 cm³/mol. The number of hydrogen-bond acceptors (Lipinski definition) is 12. The number of allylic oxidation sites excluding steroid dienone is 2. The van der Waals surface area contributed by atoms with E-state index in [2.05, 4.69) is 16.3 Å². The minimum absolute atomic E-state index is 0.000412. The van der Waals surface area contributed by atoms with Gasteiger partial charge in [-0.15, -0.1) is 6.58 Å². The summed E-state index contributed by atoms with van der Waals surface area (Å²) in [6.07, 6.45) is 3.99. The van der Waals surface area contributed by atoms with Crippen LogP contribution in [-0.2, 0) is 32.1 Å². The number of nitro benzene ring substituents is 1. The number of nitrogens with zero attached hydrogens (tertiary/aromatic N) is 3. The number of fused-ring (bicyclic) bond motifs is 1. The molecule has 1 atom stereocenters. The van der Waals surface area contributed by atoms with Gasteiger partial charge < -0.3 is 23.7 Å². The van der Waals surface area contributed by atoms with Crippen LogP contribution in [0.4, 0.5) is 5.69 Å². The van der Waals surface area contributed by atoms with Crippen molar-refractivity contribution in [2.75, 3.05) is 26.9 Å². The number of ether oxygens (including phenoxy) is 5. The molecular formula is C38H37N3O10S. The van der Waals surface area contributed by atoms with Crippen LogP contribution in [0.25, 0.3) is 6.08 Å². The third-order valence-corrected chi connectivity index (χ3v) is 8.94. The molecule has 14 heteroatoms. The second-order valence-electron chi connectivity index (χ2n) is 11.4. The summed E-state index contributed by atoms with van der Waals surface area (Å²) in [6.45, 7) is 9.34. The van der Waals surface area contributed by atoms with E-state index in [0.717, 1.165) is 16.7 Å². The van der Waals surface area contributed by atoms with Gasteiger partial charge in [0.25, 0.3) is 11.2 Å². The van der Waals surface area contributed by atoms with E-state index in [1.165, 1.54) is 35.1 Å². The van der Waals surface area contributed by atoms with Crippen molar-refractivity contribution in [2.45, 2.75) is 39.8 Å². The molecule has 270 valence electrons. The molecule has 0 bridgehead atoms. The normalized spacial score (nSPS) is 13.8. The monoisotopic (exact) mass is 727 g/mol. The lowest BCUT2D eigenvalue weighted by Gasteiger charge is -2.25. The third-order valence-electron chi connectivity index (χ3n) is 7.96. The summed E-state index contributed by atoms with van der Waals surface area (Å²) in [4.78, 5) is 55.0. The SMILES string of the molecule is C=CCc1cc(/C=c2\sc3n(c2=O)[C@H](c2ccc(OCC(=O)OC)c(OCC)c2)C(C(=O)OCC)=C(C)N=3)ccc1OCc1ccc([N+](=O)[O-])cc1. The first kappa shape index (κ1) is 37.2. The molecule has 3 aromatic carbocycles. The molecule has 5 rings (SSSR count). The van der Waals surface area contributed by atoms with Gasteiger partial charge in [-0.2, -0.15) is 0 Å². The van der Waals surface area contributed by atoms with Crippen LogP contribution in [0.5, 0.6) is 17.2 Å². The van der Waals surface area contributed by atoms with Crippen molar-refractivity contribution in [1.29, 1.82) is 0 Å². The Kier molecular flexibility index (Phi) is 12.0. The molecule has 1 aromatic heterocycles. The Morgan fingerprint density at radius 1 is 1.00 bits per heavy atom. The van der Waals surface area contributed by atoms with Gasteiger partial charge >= 0.3 is 11.9 Å². The first-order valence-electron chi connectivity index (χ1n) is 16.3. The molecule has 2 heterocycles. The lowest BCUT2D eigenvalue weighted by Crippen LogP contribution is -2.40. The standard InChI is InChI=1S/C38H37N3O10S/c1-6-9-26-18-25(12-16-29(26)50-21-24-10-14-28(15-11-24)41(45)46)19-32-36(43)40-35(34(37(44)49-8-3)23(4)39-38(40)52-32)27-13-17-30(31(20-27)48-7-2)51-22-33(42)47-5/h6,10-20,35H,1,7-9,21-22H2,2-5H3/b32-19-/t35-/m1/s1. The molecule has 0 fully saturated rings. The lowest BCUT2D eigenvalue weighted by atomic mass is 9.95. The van der Waals surface area contributed by atoms with Crippen LogP contribution < -0.4 is 29.1 Å². The zero-order valence-electron chi connectivity index (χ0n) is 29.1. The van der Waals surface area contributed by atoms with Crippen LogP contribution in [0.1, 0.15) is 49.1 Å². The minimum Gasteiger partial charge on any atom is -0.490 e. The Bertz CT molecular complexity index is 2220. The summed E-state index contributed by atoms with van der Waals surface area (Å²) in [5.74, 6) is 0.0377. The summed E-state index contributed by atoms with van der Waals surface area (Å²) in [7, 11) is 1.26. The highest BCUT2D eigenvalue weighted by atomic mass is 32.1. The molecule has 0 radical (unpaired) electrons. The van der Waals surface area contributed by atoms with Gasteiger partial charge in [-0.3, -0.25) is 19.5 Å². The third kappa shape index (κ3) is 8.29. The van der Waals surface area contributed by atoms with E-state index in [1.807, 2.05) is 12.1 Å². The summed E-state index contributed by atoms with van der Waals surface area (Å²) in [5, 5.41) is 11.0. The second-order valence-corrected chi connectivity index (χ2v) is 12.4. The van der Waals surface area contributed by atoms with Crippen molar-refractivity contribution >= 4 is 35.0 Å². The number of carbonyl (C=O) groups excluding carboxylic acids is 2. The number of thiazole rings is 1. The average molecular weight is 728 g/mol. The maximum atomic E-state index is 14.2. The molecule has 52 heavy (non-hydrogen) atoms. The van der Waals surface area contributed by atoms with Crippen molar-refractivity contribution in [3.05, 3.63) is 137 Å².